The molecule has 1 heterocycles. The molecule has 3 rings (SSSR count). The summed E-state index contributed by atoms with van der Waals surface area (Å²) in [5.41, 5.74) is 2.58. The van der Waals surface area contributed by atoms with Crippen LogP contribution in [0.4, 0.5) is 0 Å². The third kappa shape index (κ3) is 6.08. The number of likely N-dealkylation sites (tertiary alicyclic amines) is 1. The predicted octanol–water partition coefficient (Wildman–Crippen LogP) is 3.26. The molecule has 1 saturated heterocycles. The molecular weight excluding hydrogens is 343 g/mol. The third-order valence-electron chi connectivity index (χ3n) is 4.33. The van der Waals surface area contributed by atoms with Crippen molar-refractivity contribution in [3.8, 4) is 0 Å². The van der Waals surface area contributed by atoms with E-state index >= 15 is 0 Å². The maximum Gasteiger partial charge on any atom is 0.0820 e. The van der Waals surface area contributed by atoms with Crippen LogP contribution in [0.15, 0.2) is 60.7 Å². The van der Waals surface area contributed by atoms with E-state index in [9.17, 15) is 5.11 Å². The zero-order valence-corrected chi connectivity index (χ0v) is 15.3. The fourth-order valence-electron chi connectivity index (χ4n) is 3.07. The highest BCUT2D eigenvalue weighted by molar-refractivity contribution is 5.85. The lowest BCUT2D eigenvalue weighted by molar-refractivity contribution is 0.0365. The van der Waals surface area contributed by atoms with Gasteiger partial charge in [0.05, 0.1) is 6.10 Å². The van der Waals surface area contributed by atoms with Crippen LogP contribution in [0, 0.1) is 0 Å². The topological polar surface area (TPSA) is 35.5 Å². The molecule has 0 radical (unpaired) electrons. The van der Waals surface area contributed by atoms with Crippen LogP contribution < -0.4 is 5.32 Å². The molecular formula is C19H26Cl2N2O. The molecule has 2 aromatic rings. The predicted molar refractivity (Wildman–Crippen MR) is 104 cm³/mol. The van der Waals surface area contributed by atoms with Crippen molar-refractivity contribution in [2.75, 3.05) is 13.1 Å². The summed E-state index contributed by atoms with van der Waals surface area (Å²) in [5.74, 6) is 0. The first-order valence-electron chi connectivity index (χ1n) is 8.03. The Hall–Kier alpha value is -1.10. The van der Waals surface area contributed by atoms with Crippen LogP contribution in [0.5, 0.6) is 0 Å². The number of aliphatic hydroxyl groups is 1. The fourth-order valence-corrected chi connectivity index (χ4v) is 3.07. The van der Waals surface area contributed by atoms with Gasteiger partial charge < -0.3 is 10.4 Å². The maximum absolute atomic E-state index is 10.4. The van der Waals surface area contributed by atoms with Gasteiger partial charge in [0.1, 0.15) is 0 Å². The number of halogens is 2. The molecule has 0 aromatic heterocycles. The summed E-state index contributed by atoms with van der Waals surface area (Å²) in [5, 5.41) is 13.9. The molecule has 0 bridgehead atoms. The van der Waals surface area contributed by atoms with Crippen molar-refractivity contribution in [1.82, 2.24) is 10.2 Å². The molecule has 2 aromatic carbocycles. The lowest BCUT2D eigenvalue weighted by Gasteiger charge is -2.36. The average Bonchev–Trinajstić information content (AvgIpc) is 2.56. The Kier molecular flexibility index (Phi) is 9.34. The summed E-state index contributed by atoms with van der Waals surface area (Å²) in [4.78, 5) is 2.33. The van der Waals surface area contributed by atoms with Crippen LogP contribution in [0.3, 0.4) is 0 Å². The number of hydrogen-bond donors (Lipinski definition) is 2. The summed E-state index contributed by atoms with van der Waals surface area (Å²) >= 11 is 0. The largest absolute Gasteiger partial charge is 0.390 e. The highest BCUT2D eigenvalue weighted by atomic mass is 35.5. The summed E-state index contributed by atoms with van der Waals surface area (Å²) in [6, 6.07) is 21.0. The van der Waals surface area contributed by atoms with Crippen molar-refractivity contribution in [2.24, 2.45) is 0 Å². The van der Waals surface area contributed by atoms with Crippen LogP contribution in [0.2, 0.25) is 0 Å². The van der Waals surface area contributed by atoms with Crippen LogP contribution >= 0.6 is 24.8 Å². The molecule has 0 spiro atoms. The van der Waals surface area contributed by atoms with Crippen molar-refractivity contribution in [2.45, 2.75) is 31.7 Å². The molecule has 3 nitrogen and oxygen atoms in total. The first kappa shape index (κ1) is 20.9. The van der Waals surface area contributed by atoms with Gasteiger partial charge in [0.25, 0.3) is 0 Å². The summed E-state index contributed by atoms with van der Waals surface area (Å²) < 4.78 is 0. The zero-order chi connectivity index (χ0) is 15.2. The van der Waals surface area contributed by atoms with E-state index in [2.05, 4.69) is 58.7 Å². The van der Waals surface area contributed by atoms with Crippen molar-refractivity contribution in [1.29, 1.82) is 0 Å². The molecule has 0 saturated carbocycles. The van der Waals surface area contributed by atoms with E-state index in [1.807, 2.05) is 12.1 Å². The van der Waals surface area contributed by atoms with Crippen LogP contribution in [0.25, 0.3) is 0 Å². The molecule has 24 heavy (non-hydrogen) atoms. The highest BCUT2D eigenvalue weighted by Gasteiger charge is 2.27. The second kappa shape index (κ2) is 10.7. The molecule has 1 fully saturated rings. The number of rotatable bonds is 5. The molecule has 132 valence electrons. The maximum atomic E-state index is 10.4. The van der Waals surface area contributed by atoms with E-state index in [-0.39, 0.29) is 37.0 Å². The molecule has 0 amide bonds. The first-order chi connectivity index (χ1) is 10.8. The first-order valence-corrected chi connectivity index (χ1v) is 8.03. The standard InChI is InChI=1S/C19H24N2O.2ClH/c22-19-15-21(14-17-9-5-2-6-10-17)12-11-18(19)20-13-16-7-3-1-4-8-16;;/h1-10,18-20,22H,11-15H2;2*1H/t18-,19-;;/m1../s1. The van der Waals surface area contributed by atoms with Crippen molar-refractivity contribution in [3.05, 3.63) is 71.8 Å². The number of nitrogens with zero attached hydrogens (tertiary/aromatic N) is 1. The molecule has 1 aliphatic heterocycles. The lowest BCUT2D eigenvalue weighted by Crippen LogP contribution is -2.52. The normalized spacial score (nSPS) is 20.7. The minimum atomic E-state index is -0.304. The average molecular weight is 369 g/mol. The van der Waals surface area contributed by atoms with E-state index in [1.165, 1.54) is 11.1 Å². The lowest BCUT2D eigenvalue weighted by atomic mass is 10.0. The second-order valence-electron chi connectivity index (χ2n) is 6.05. The van der Waals surface area contributed by atoms with Gasteiger partial charge in [-0.3, -0.25) is 4.90 Å². The van der Waals surface area contributed by atoms with Crippen LogP contribution in [-0.2, 0) is 13.1 Å². The number of benzene rings is 2. The Bertz CT molecular complexity index is 568. The molecule has 5 heteroatoms. The number of piperidine rings is 1. The number of aliphatic hydroxyl groups excluding tert-OH is 1. The van der Waals surface area contributed by atoms with E-state index in [4.69, 9.17) is 0 Å². The van der Waals surface area contributed by atoms with Gasteiger partial charge in [-0.2, -0.15) is 0 Å². The van der Waals surface area contributed by atoms with Crippen LogP contribution in [0.1, 0.15) is 17.5 Å². The Morgan fingerprint density at radius 1 is 0.917 bits per heavy atom. The smallest absolute Gasteiger partial charge is 0.0820 e. The van der Waals surface area contributed by atoms with Gasteiger partial charge in [-0.1, -0.05) is 60.7 Å². The van der Waals surface area contributed by atoms with Gasteiger partial charge in [-0.05, 0) is 17.5 Å². The van der Waals surface area contributed by atoms with E-state index in [0.29, 0.717) is 0 Å². The Morgan fingerprint density at radius 2 is 1.50 bits per heavy atom. The Morgan fingerprint density at radius 3 is 2.08 bits per heavy atom. The Balaban J connectivity index is 0.00000144. The van der Waals surface area contributed by atoms with E-state index < -0.39 is 0 Å². The van der Waals surface area contributed by atoms with Gasteiger partial charge in [-0.25, -0.2) is 0 Å². The van der Waals surface area contributed by atoms with E-state index in [0.717, 1.165) is 32.6 Å². The second-order valence-corrected chi connectivity index (χ2v) is 6.05. The number of hydrogen-bond acceptors (Lipinski definition) is 3. The summed E-state index contributed by atoms with van der Waals surface area (Å²) in [6.45, 7) is 3.50. The minimum absolute atomic E-state index is 0. The van der Waals surface area contributed by atoms with Crippen molar-refractivity contribution < 1.29 is 5.11 Å². The molecule has 1 aliphatic rings. The molecule has 2 N–H and O–H groups in total. The zero-order valence-electron chi connectivity index (χ0n) is 13.7. The van der Waals surface area contributed by atoms with Crippen molar-refractivity contribution in [3.63, 3.8) is 0 Å². The Labute approximate surface area is 156 Å². The SMILES string of the molecule is Cl.Cl.O[C@@H]1CN(Cc2ccccc2)CC[C@H]1NCc1ccccc1. The van der Waals surface area contributed by atoms with Crippen LogP contribution in [-0.4, -0.2) is 35.2 Å². The monoisotopic (exact) mass is 368 g/mol. The van der Waals surface area contributed by atoms with Gasteiger partial charge in [0.15, 0.2) is 0 Å². The van der Waals surface area contributed by atoms with Gasteiger partial charge in [0.2, 0.25) is 0 Å². The van der Waals surface area contributed by atoms with E-state index in [1.54, 1.807) is 0 Å². The molecule has 0 aliphatic carbocycles. The van der Waals surface area contributed by atoms with Crippen molar-refractivity contribution >= 4 is 24.8 Å². The van der Waals surface area contributed by atoms with Gasteiger partial charge in [0, 0.05) is 32.2 Å². The minimum Gasteiger partial charge on any atom is -0.390 e. The highest BCUT2D eigenvalue weighted by Crippen LogP contribution is 2.15. The summed E-state index contributed by atoms with van der Waals surface area (Å²) in [6.07, 6.45) is 0.682. The third-order valence-corrected chi connectivity index (χ3v) is 4.33. The van der Waals surface area contributed by atoms with Gasteiger partial charge >= 0.3 is 0 Å². The molecule has 0 unspecified atom stereocenters. The quantitative estimate of drug-likeness (QED) is 0.849. The number of nitrogens with one attached hydrogen (secondary N) is 1. The number of β-amino-alcohol motifs (C(OH)–C–C–N with tert-alkyl or cyclic N) is 1. The fraction of sp³-hybridized carbons (Fsp3) is 0.368. The molecule has 2 atom stereocenters. The van der Waals surface area contributed by atoms with Gasteiger partial charge in [-0.15, -0.1) is 24.8 Å². The summed E-state index contributed by atoms with van der Waals surface area (Å²) in [7, 11) is 0.